The van der Waals surface area contributed by atoms with E-state index in [1.807, 2.05) is 166 Å². The van der Waals surface area contributed by atoms with E-state index in [2.05, 4.69) is 118 Å². The highest BCUT2D eigenvalue weighted by molar-refractivity contribution is 8.04. The summed E-state index contributed by atoms with van der Waals surface area (Å²) in [6.07, 6.45) is 23.9. The number of thiocarbonyl (C=S) groups is 1. The number of aryl methyl sites for hydroxylation is 3. The van der Waals surface area contributed by atoms with Crippen molar-refractivity contribution in [1.82, 2.24) is 53.9 Å². The number of ether oxygens (including phenoxy) is 2. The number of halogens is 1. The summed E-state index contributed by atoms with van der Waals surface area (Å²) in [6.45, 7) is 12.7. The van der Waals surface area contributed by atoms with E-state index in [1.54, 1.807) is 85.1 Å². The topological polar surface area (TPSA) is 435 Å². The van der Waals surface area contributed by atoms with Crippen molar-refractivity contribution in [3.8, 4) is 28.6 Å². The third-order valence-electron chi connectivity index (χ3n) is 24.3. The van der Waals surface area contributed by atoms with Crippen molar-refractivity contribution < 1.29 is 57.8 Å². The number of ketones is 3. The quantitative estimate of drug-likeness (QED) is 0.0175. The molecule has 11 heterocycles. The van der Waals surface area contributed by atoms with Gasteiger partial charge < -0.3 is 56.2 Å². The Balaban J connectivity index is 0.000000113. The molecule has 9 aromatic heterocycles. The minimum Gasteiger partial charge on any atom is -0.505 e. The third-order valence-corrected chi connectivity index (χ3v) is 29.7. The molecule has 0 amide bonds. The highest BCUT2D eigenvalue weighted by Gasteiger charge is 2.31. The Kier molecular flexibility index (Phi) is 31.3. The molecule has 0 radical (unpaired) electrons. The van der Waals surface area contributed by atoms with E-state index in [1.165, 1.54) is 111 Å². The monoisotopic (exact) mass is 2110 g/mol. The lowest BCUT2D eigenvalue weighted by Gasteiger charge is -2.23. The van der Waals surface area contributed by atoms with Gasteiger partial charge in [-0.2, -0.15) is 13.8 Å². The van der Waals surface area contributed by atoms with E-state index < -0.39 is 12.0 Å². The number of nitrogens with two attached hydrogens (primary N) is 1. The van der Waals surface area contributed by atoms with E-state index in [0.717, 1.165) is 148 Å². The van der Waals surface area contributed by atoms with Crippen molar-refractivity contribution in [2.75, 3.05) is 51.6 Å². The van der Waals surface area contributed by atoms with Crippen molar-refractivity contribution in [3.05, 3.63) is 327 Å². The Labute approximate surface area is 877 Å². The second-order valence-electron chi connectivity index (χ2n) is 34.4. The zero-order valence-corrected chi connectivity index (χ0v) is 86.3. The average Bonchev–Trinajstić information content (AvgIpc) is 1.72. The van der Waals surface area contributed by atoms with Crippen LogP contribution < -0.4 is 42.6 Å². The number of carbonyl (C=O) groups is 5. The molecule has 147 heavy (non-hydrogen) atoms. The Bertz CT molecular complexity index is 8340. The molecule has 2 unspecified atom stereocenters. The van der Waals surface area contributed by atoms with Crippen LogP contribution in [-0.4, -0.2) is 123 Å². The third kappa shape index (κ3) is 23.1. The predicted octanol–water partition coefficient (Wildman–Crippen LogP) is 26.0. The summed E-state index contributed by atoms with van der Waals surface area (Å²) in [6, 6.07) is 56.9. The number of carboxylic acids is 1. The number of thiophene rings is 2. The van der Waals surface area contributed by atoms with E-state index >= 15 is 0 Å². The number of nitrogen functional groups attached to an aromatic ring is 1. The number of pyridine rings is 1. The number of aromatic hydroxyl groups is 2. The Morgan fingerprint density at radius 1 is 0.755 bits per heavy atom. The number of anilines is 8. The summed E-state index contributed by atoms with van der Waals surface area (Å²) in [5, 5.41) is 68.9. The van der Waals surface area contributed by atoms with Gasteiger partial charge in [0.1, 0.15) is 56.3 Å². The van der Waals surface area contributed by atoms with Gasteiger partial charge in [0, 0.05) is 75.9 Å². The number of unbranched alkanes of at least 4 members (excludes halogenated alkanes) is 1. The second kappa shape index (κ2) is 45.6. The number of aromatic carboxylic acids is 1. The first kappa shape index (κ1) is 101. The number of benzene rings is 9. The molecule has 24 rings (SSSR count). The van der Waals surface area contributed by atoms with Crippen LogP contribution in [0, 0.1) is 23.7 Å². The van der Waals surface area contributed by atoms with Crippen molar-refractivity contribution >= 4 is 250 Å². The molecule has 0 saturated carbocycles. The van der Waals surface area contributed by atoms with Gasteiger partial charge in [-0.1, -0.05) is 158 Å². The number of methoxy groups -OCH3 is 1. The number of esters is 1. The summed E-state index contributed by atoms with van der Waals surface area (Å²) in [5.41, 5.74) is 31.4. The molecule has 18 aromatic rings. The number of nitrogens with zero attached hydrogens (tertiary/aromatic N) is 12. The molecule has 0 spiro atoms. The number of phenolic OH excluding ortho intramolecular Hbond substituents is 2. The fourth-order valence-electron chi connectivity index (χ4n) is 17.1. The molecule has 11 N–H and O–H groups in total. The lowest BCUT2D eigenvalue weighted by molar-refractivity contribution is 0.0525. The lowest BCUT2D eigenvalue weighted by Crippen LogP contribution is -2.27. The van der Waals surface area contributed by atoms with E-state index in [0.29, 0.717) is 110 Å². The molecule has 2 aliphatic heterocycles. The summed E-state index contributed by atoms with van der Waals surface area (Å²) in [7, 11) is 1.51. The number of phenols is 2. The Morgan fingerprint density at radius 3 is 2.22 bits per heavy atom. The number of furan rings is 1. The zero-order chi connectivity index (χ0) is 103. The number of carboxylic acid groups (broad SMARTS) is 1. The number of hydrogen-bond acceptors (Lipinski definition) is 34. The molecule has 0 bridgehead atoms. The van der Waals surface area contributed by atoms with Gasteiger partial charge in [-0.3, -0.25) is 30.2 Å². The highest BCUT2D eigenvalue weighted by Crippen LogP contribution is 2.47. The smallest absolute Gasteiger partial charge is 0.341 e. The maximum absolute atomic E-state index is 12.4. The zero-order valence-electron chi connectivity index (χ0n) is 79.8. The number of para-hydroxylation sites is 1. The molecule has 9 aromatic carbocycles. The largest absolute Gasteiger partial charge is 0.505 e. The van der Waals surface area contributed by atoms with Crippen molar-refractivity contribution in [2.45, 2.75) is 104 Å². The summed E-state index contributed by atoms with van der Waals surface area (Å²) >= 11 is 23.7. The summed E-state index contributed by atoms with van der Waals surface area (Å²) in [5.74, 6) is 2.28. The number of Topliss-reactive ketones (excluding diaryl/α,β-unsaturated/α-hetero) is 1. The van der Waals surface area contributed by atoms with Crippen molar-refractivity contribution in [2.24, 2.45) is 11.0 Å². The highest BCUT2D eigenvalue weighted by atomic mass is 35.5. The number of hydrogen-bond donors (Lipinski definition) is 10. The van der Waals surface area contributed by atoms with Gasteiger partial charge in [0.25, 0.3) is 0 Å². The van der Waals surface area contributed by atoms with Crippen molar-refractivity contribution in [1.29, 1.82) is 0 Å². The number of hydrazone groups is 1. The molecule has 740 valence electrons. The van der Waals surface area contributed by atoms with Crippen LogP contribution >= 0.6 is 93.5 Å². The van der Waals surface area contributed by atoms with Crippen LogP contribution in [0.2, 0.25) is 5.02 Å². The van der Waals surface area contributed by atoms with Crippen molar-refractivity contribution in [3.63, 3.8) is 0 Å². The van der Waals surface area contributed by atoms with Crippen LogP contribution in [0.4, 0.5) is 44.4 Å². The van der Waals surface area contributed by atoms with Gasteiger partial charge in [0.05, 0.1) is 80.3 Å². The normalized spacial score (nSPS) is 14.2. The number of fused-ring (bicyclic) bond motifs is 10. The maximum atomic E-state index is 12.4. The van der Waals surface area contributed by atoms with Crippen LogP contribution in [0.25, 0.3) is 83.8 Å². The van der Waals surface area contributed by atoms with Crippen LogP contribution in [0.5, 0.6) is 17.2 Å². The molecular weight excluding hydrogens is 2020 g/mol. The van der Waals surface area contributed by atoms with Gasteiger partial charge in [0.2, 0.25) is 17.1 Å². The molecule has 0 fully saturated rings. The molecule has 31 nitrogen and oxygen atoms in total. The van der Waals surface area contributed by atoms with Crippen LogP contribution in [0.3, 0.4) is 0 Å². The molecule has 39 heteroatoms. The Morgan fingerprint density at radius 2 is 1.50 bits per heavy atom. The number of thioether (sulfide) groups is 1. The minimum absolute atomic E-state index is 0.00759. The molecule has 6 aliphatic rings. The number of rotatable bonds is 17. The minimum atomic E-state index is -0.985. The van der Waals surface area contributed by atoms with Gasteiger partial charge in [0.15, 0.2) is 43.8 Å². The molecule has 2 atom stereocenters. The first-order valence-corrected chi connectivity index (χ1v) is 51.7. The van der Waals surface area contributed by atoms with Gasteiger partial charge in [-0.25, -0.2) is 33.8 Å². The molecule has 0 saturated heterocycles. The van der Waals surface area contributed by atoms with E-state index in [-0.39, 0.29) is 40.4 Å². The van der Waals surface area contributed by atoms with Crippen LogP contribution in [0.15, 0.2) is 255 Å². The first-order chi connectivity index (χ1) is 71.3. The number of allylic oxidation sites excluding steroid dienone is 5. The fourth-order valence-corrected chi connectivity index (χ4v) is 22.9. The summed E-state index contributed by atoms with van der Waals surface area (Å²) < 4.78 is 31.5. The number of aromatic nitrogens is 11. The lowest BCUT2D eigenvalue weighted by atomic mass is 9.84. The van der Waals surface area contributed by atoms with Crippen LogP contribution in [-0.2, 0) is 24.0 Å². The molecule has 4 aliphatic carbocycles. The number of carbonyl (C=O) groups excluding carboxylic acids is 4. The predicted molar refractivity (Wildman–Crippen MR) is 591 cm³/mol. The summed E-state index contributed by atoms with van der Waals surface area (Å²) in [4.78, 5) is 82.3. The average molecular weight is 2110 g/mol. The maximum Gasteiger partial charge on any atom is 0.341 e. The van der Waals surface area contributed by atoms with E-state index in [9.17, 15) is 34.2 Å². The van der Waals surface area contributed by atoms with Crippen LogP contribution in [0.1, 0.15) is 172 Å². The molecular formula is C108H92ClN19O12S7. The number of nitrogens with one attached hydrogen (secondary N) is 6. The van der Waals surface area contributed by atoms with Gasteiger partial charge in [-0.15, -0.1) is 32.9 Å². The van der Waals surface area contributed by atoms with E-state index in [4.69, 9.17) is 60.8 Å². The van der Waals surface area contributed by atoms with Gasteiger partial charge >= 0.3 is 11.9 Å². The fraction of sp³-hybridized carbons (Fsp3) is 0.167. The second-order valence-corrected chi connectivity index (χ2v) is 40.8. The van der Waals surface area contributed by atoms with Gasteiger partial charge in [-0.05, 0) is 274 Å². The first-order valence-electron chi connectivity index (χ1n) is 46.5. The standard InChI is InChI=1S/C24H22N2O3.C20H12O4S.C16H8O2.C15H21N5O2S2.C12H13ClN2.C11H12N2S3.C10H4N8OS/c1-15-5-3-7-18(13-15)26-22(17-9-11-21(29-2)20(27)14-17)19-10-8-16-6-4-12-25-23(16)24(19)28;21-19-15-6-1-2-7-17(15)25-18(19)11-14-8-9-16(24-14)12-4-3-5-13(10-12)20(22)23;17-13-8-4-10-2-6-12-14(18)7-3-9-1-5-11(13)16(10)15(9)12;1-4-6-7-11-10(3)24-13(12(11)14(21)22-5-2)18-15(23)19-20-8-16-17-9-20;1-9-6-7-10(8-9)14-15-12-5-3-2-4-11(12)13;1-5-2-3-6-7(4-5)15-10-8(6)9(12)16-11(14)13-10;1-2-4-6(18-20-17-4)5-3(1)11-7-8(12-5)14-10-9(13-7)15-19-16-10/h3-14,22,26-28H,1-2H3;1-11H,(H,22,23);1-8H;8-9H,4-7H2,1-3H3,(H2,18,19,23);2-5,8,15H,6-7H2,1H3;5H,2-4,12H2,1H3;1-2H,(H,11,13,15)(H,12,14,16)/b;18-11-;;;14-10-;;. The Hall–Kier alpha value is -15.9. The SMILES string of the molecule is CC1=C/C(=N\Nc2ccccc2Cl)CC1.CC1CCc2c(sc3nc(=S)sc(N)c23)C1.CCCCc1c(C)sc(NC(=S)Nn2cnnc2)c1C(=O)OCC.COc1ccc(C(Nc2cccc(C)c2)c2ccc3cccnc3c2O)cc1O.O=C(O)c1cccc(-c2ccc(/C=C3\Sc4ccccc4C3=O)o2)c1.O=C1C=Cc2ccc3c4c(ccc1c24)C=CC3=O.c1cc2nsnc2c2c1Nc1nc3nonc3nc1N2.